The van der Waals surface area contributed by atoms with E-state index in [-0.39, 0.29) is 0 Å². The van der Waals surface area contributed by atoms with Gasteiger partial charge in [-0.05, 0) is 64.1 Å². The molecule has 44 heavy (non-hydrogen) atoms. The monoisotopic (exact) mass is 567 g/mol. The average molecular weight is 568 g/mol. The Labute approximate surface area is 255 Å². The fourth-order valence-electron chi connectivity index (χ4n) is 6.57. The first kappa shape index (κ1) is 25.9. The highest BCUT2D eigenvalue weighted by molar-refractivity contribution is 6.26. The van der Waals surface area contributed by atoms with Gasteiger partial charge < -0.3 is 10.3 Å². The van der Waals surface area contributed by atoms with Crippen molar-refractivity contribution in [1.29, 1.82) is 0 Å². The van der Waals surface area contributed by atoms with E-state index in [0.29, 0.717) is 5.84 Å². The Morgan fingerprint density at radius 2 is 1.41 bits per heavy atom. The minimum atomic E-state index is 0.452. The van der Waals surface area contributed by atoms with Crippen molar-refractivity contribution in [2.45, 2.75) is 12.8 Å². The lowest BCUT2D eigenvalue weighted by Gasteiger charge is -2.20. The summed E-state index contributed by atoms with van der Waals surface area (Å²) in [6, 6.07) is 43.8. The van der Waals surface area contributed by atoms with Gasteiger partial charge in [0, 0.05) is 27.5 Å². The zero-order valence-electron chi connectivity index (χ0n) is 24.1. The van der Waals surface area contributed by atoms with Gasteiger partial charge >= 0.3 is 0 Å². The van der Waals surface area contributed by atoms with Gasteiger partial charge in [-0.3, -0.25) is 0 Å². The molecule has 1 aliphatic rings. The lowest BCUT2D eigenvalue weighted by Crippen LogP contribution is -2.14. The van der Waals surface area contributed by atoms with Gasteiger partial charge in [0.2, 0.25) is 0 Å². The van der Waals surface area contributed by atoms with E-state index >= 15 is 0 Å². The van der Waals surface area contributed by atoms with Crippen LogP contribution in [0.3, 0.4) is 0 Å². The maximum atomic E-state index is 6.39. The molecular formula is C40H29N3O. The minimum absolute atomic E-state index is 0.452. The molecule has 0 spiro atoms. The summed E-state index contributed by atoms with van der Waals surface area (Å²) in [5, 5.41) is 8.74. The molecule has 7 aromatic rings. The first-order valence-corrected chi connectivity index (χ1v) is 14.9. The lowest BCUT2D eigenvalue weighted by atomic mass is 9.85. The largest absolute Gasteiger partial charge is 0.456 e. The van der Waals surface area contributed by atoms with E-state index < -0.39 is 0 Å². The van der Waals surface area contributed by atoms with Crippen LogP contribution in [0.5, 0.6) is 0 Å². The minimum Gasteiger partial charge on any atom is -0.456 e. The van der Waals surface area contributed by atoms with E-state index in [2.05, 4.69) is 90.0 Å². The molecule has 0 fully saturated rings. The molecule has 0 radical (unpaired) electrons. The van der Waals surface area contributed by atoms with E-state index in [1.807, 2.05) is 54.6 Å². The van der Waals surface area contributed by atoms with E-state index in [1.54, 1.807) is 0 Å². The molecule has 2 N–H and O–H groups in total. The molecule has 4 nitrogen and oxygen atoms in total. The SMILES string of the molecule is N/N=C(\N=C(c1ccccc1)c1cc2ccccc2c2c1CCC=C2)c1cccc2oc3cccc(-c4ccccc4)c3c12. The molecular weight excluding hydrogens is 538 g/mol. The smallest absolute Gasteiger partial charge is 0.180 e. The van der Waals surface area contributed by atoms with Gasteiger partial charge in [-0.25, -0.2) is 4.99 Å². The number of amidine groups is 1. The molecule has 210 valence electrons. The second-order valence-electron chi connectivity index (χ2n) is 11.1. The Bertz CT molecular complexity index is 2280. The van der Waals surface area contributed by atoms with Crippen LogP contribution in [0.15, 0.2) is 148 Å². The van der Waals surface area contributed by atoms with E-state index in [9.17, 15) is 0 Å². The van der Waals surface area contributed by atoms with Crippen molar-refractivity contribution < 1.29 is 4.42 Å². The summed E-state index contributed by atoms with van der Waals surface area (Å²) in [6.07, 6.45) is 6.45. The molecule has 0 saturated heterocycles. The maximum Gasteiger partial charge on any atom is 0.180 e. The van der Waals surface area contributed by atoms with Crippen LogP contribution in [0.25, 0.3) is 49.9 Å². The third kappa shape index (κ3) is 4.31. The molecule has 0 aliphatic heterocycles. The van der Waals surface area contributed by atoms with Gasteiger partial charge in [0.25, 0.3) is 0 Å². The molecule has 1 aliphatic carbocycles. The van der Waals surface area contributed by atoms with Gasteiger partial charge in [0.05, 0.1) is 5.71 Å². The van der Waals surface area contributed by atoms with Crippen molar-refractivity contribution in [3.8, 4) is 11.1 Å². The third-order valence-corrected chi connectivity index (χ3v) is 8.54. The number of nitrogens with two attached hydrogens (primary N) is 1. The zero-order chi connectivity index (χ0) is 29.5. The summed E-state index contributed by atoms with van der Waals surface area (Å²) in [5.74, 6) is 6.68. The van der Waals surface area contributed by atoms with Crippen molar-refractivity contribution in [2.75, 3.05) is 0 Å². The third-order valence-electron chi connectivity index (χ3n) is 8.54. The number of benzene rings is 6. The summed E-state index contributed by atoms with van der Waals surface area (Å²) in [5.41, 5.74) is 10.1. The topological polar surface area (TPSA) is 63.9 Å². The van der Waals surface area contributed by atoms with Crippen LogP contribution in [-0.2, 0) is 6.42 Å². The molecule has 0 saturated carbocycles. The number of hydrogen-bond acceptors (Lipinski definition) is 3. The van der Waals surface area contributed by atoms with Crippen LogP contribution in [0, 0.1) is 0 Å². The van der Waals surface area contributed by atoms with Crippen LogP contribution in [-0.4, -0.2) is 11.5 Å². The second kappa shape index (κ2) is 10.8. The van der Waals surface area contributed by atoms with E-state index in [4.69, 9.17) is 15.3 Å². The fraction of sp³-hybridized carbons (Fsp3) is 0.0500. The molecule has 0 amide bonds. The number of aliphatic imine (C=N–C) groups is 1. The Morgan fingerprint density at radius 3 is 2.23 bits per heavy atom. The lowest BCUT2D eigenvalue weighted by molar-refractivity contribution is 0.669. The molecule has 4 heteroatoms. The van der Waals surface area contributed by atoms with Crippen molar-refractivity contribution in [3.63, 3.8) is 0 Å². The zero-order valence-corrected chi connectivity index (χ0v) is 24.1. The van der Waals surface area contributed by atoms with Gasteiger partial charge in [0.1, 0.15) is 11.2 Å². The second-order valence-corrected chi connectivity index (χ2v) is 11.1. The van der Waals surface area contributed by atoms with Crippen LogP contribution < -0.4 is 5.84 Å². The molecule has 1 heterocycles. The number of allylic oxidation sites excluding steroid dienone is 1. The number of furan rings is 1. The molecule has 6 aromatic carbocycles. The summed E-state index contributed by atoms with van der Waals surface area (Å²) in [6.45, 7) is 0. The number of nitrogens with zero attached hydrogens (tertiary/aromatic N) is 2. The van der Waals surface area contributed by atoms with Crippen molar-refractivity contribution >= 4 is 50.3 Å². The molecule has 8 rings (SSSR count). The fourth-order valence-corrected chi connectivity index (χ4v) is 6.57. The quantitative estimate of drug-likeness (QED) is 0.0996. The predicted molar refractivity (Wildman–Crippen MR) is 183 cm³/mol. The first-order valence-electron chi connectivity index (χ1n) is 14.9. The molecule has 0 atom stereocenters. The Kier molecular flexibility index (Phi) is 6.38. The predicted octanol–water partition coefficient (Wildman–Crippen LogP) is 9.52. The van der Waals surface area contributed by atoms with Crippen molar-refractivity contribution in [1.82, 2.24) is 0 Å². The molecule has 0 bridgehead atoms. The number of hydrogen-bond donors (Lipinski definition) is 1. The van der Waals surface area contributed by atoms with Crippen molar-refractivity contribution in [3.05, 3.63) is 161 Å². The van der Waals surface area contributed by atoms with E-state index in [0.717, 1.165) is 68.3 Å². The molecule has 0 unspecified atom stereocenters. The number of rotatable bonds is 4. The van der Waals surface area contributed by atoms with Crippen molar-refractivity contribution in [2.24, 2.45) is 15.9 Å². The summed E-state index contributed by atoms with van der Waals surface area (Å²) in [7, 11) is 0. The Hall–Kier alpha value is -5.74. The highest BCUT2D eigenvalue weighted by Gasteiger charge is 2.22. The summed E-state index contributed by atoms with van der Waals surface area (Å²) in [4.78, 5) is 5.34. The Morgan fingerprint density at radius 1 is 0.682 bits per heavy atom. The van der Waals surface area contributed by atoms with Crippen LogP contribution in [0.2, 0.25) is 0 Å². The van der Waals surface area contributed by atoms with Gasteiger partial charge in [-0.2, -0.15) is 5.10 Å². The number of hydrazone groups is 1. The highest BCUT2D eigenvalue weighted by atomic mass is 16.3. The molecule has 1 aromatic heterocycles. The normalized spacial score (nSPS) is 13.5. The number of fused-ring (bicyclic) bond motifs is 6. The Balaban J connectivity index is 1.41. The van der Waals surface area contributed by atoms with Gasteiger partial charge in [-0.1, -0.05) is 121 Å². The van der Waals surface area contributed by atoms with Crippen LogP contribution >= 0.6 is 0 Å². The van der Waals surface area contributed by atoms with E-state index in [1.165, 1.54) is 21.9 Å². The first-order chi connectivity index (χ1) is 21.8. The van der Waals surface area contributed by atoms with Crippen LogP contribution in [0.1, 0.15) is 34.2 Å². The summed E-state index contributed by atoms with van der Waals surface area (Å²) < 4.78 is 6.39. The van der Waals surface area contributed by atoms with Gasteiger partial charge in [0.15, 0.2) is 5.84 Å². The highest BCUT2D eigenvalue weighted by Crippen LogP contribution is 2.39. The van der Waals surface area contributed by atoms with Crippen LogP contribution in [0.4, 0.5) is 0 Å². The summed E-state index contributed by atoms with van der Waals surface area (Å²) >= 11 is 0. The average Bonchev–Trinajstić information content (AvgIpc) is 3.49. The maximum absolute atomic E-state index is 6.39. The van der Waals surface area contributed by atoms with Gasteiger partial charge in [-0.15, -0.1) is 0 Å². The standard InChI is InChI=1S/C40H29N3O/c41-43-40(33-22-12-24-36-38(33)37-30(21-11-23-35(37)44-36)26-13-3-1-4-14-26)42-39(27-15-5-2-6-16-27)34-25-28-17-7-8-18-29(28)31-19-9-10-20-32(31)34/h1-9,11-19,21-25H,10,20,41H2/b42-39?,43-40-.